The van der Waals surface area contributed by atoms with E-state index in [9.17, 15) is 20.2 Å². The quantitative estimate of drug-likeness (QED) is 0.113. The zero-order chi connectivity index (χ0) is 25.3. The summed E-state index contributed by atoms with van der Waals surface area (Å²) in [4.78, 5) is 33.0. The number of aromatic nitrogens is 3. The van der Waals surface area contributed by atoms with E-state index < -0.39 is 21.2 Å². The Morgan fingerprint density at radius 2 is 1.34 bits per heavy atom. The van der Waals surface area contributed by atoms with Gasteiger partial charge in [-0.05, 0) is 12.5 Å². The number of benzene rings is 1. The summed E-state index contributed by atoms with van der Waals surface area (Å²) in [6, 6.07) is 3.53. The van der Waals surface area contributed by atoms with Crippen molar-refractivity contribution >= 4 is 11.4 Å². The molecule has 0 aliphatic rings. The van der Waals surface area contributed by atoms with Crippen molar-refractivity contribution in [3.8, 4) is 11.8 Å². The van der Waals surface area contributed by atoms with Gasteiger partial charge in [0.2, 0.25) is 5.75 Å². The van der Waals surface area contributed by atoms with E-state index in [4.69, 9.17) is 4.74 Å². The summed E-state index contributed by atoms with van der Waals surface area (Å²) in [6.07, 6.45) is 19.8. The lowest BCUT2D eigenvalue weighted by Gasteiger charge is -2.06. The van der Waals surface area contributed by atoms with Gasteiger partial charge in [0.05, 0.1) is 9.85 Å². The van der Waals surface area contributed by atoms with E-state index in [1.54, 1.807) is 0 Å². The van der Waals surface area contributed by atoms with E-state index in [0.29, 0.717) is 12.2 Å². The summed E-state index contributed by atoms with van der Waals surface area (Å²) in [5, 5.41) is 22.4. The van der Waals surface area contributed by atoms with Gasteiger partial charge in [0.1, 0.15) is 12.2 Å². The monoisotopic (exact) mass is 487 g/mol. The Hall–Kier alpha value is -3.17. The maximum atomic E-state index is 11.3. The predicted molar refractivity (Wildman–Crippen MR) is 134 cm³/mol. The fourth-order valence-electron chi connectivity index (χ4n) is 3.98. The van der Waals surface area contributed by atoms with Crippen LogP contribution >= 0.6 is 0 Å². The SMILES string of the molecule is CCCCCCCCCCCCCCCCc1ncnc(Oc2cccc([N+](=O)[O-])c2[N+](=O)[O-])n1. The van der Waals surface area contributed by atoms with Crippen molar-refractivity contribution < 1.29 is 14.6 Å². The van der Waals surface area contributed by atoms with E-state index in [1.165, 1.54) is 95.5 Å². The summed E-state index contributed by atoms with van der Waals surface area (Å²) in [6.45, 7) is 2.25. The van der Waals surface area contributed by atoms with Gasteiger partial charge in [-0.15, -0.1) is 0 Å². The first-order chi connectivity index (χ1) is 17.0. The van der Waals surface area contributed by atoms with Crippen LogP contribution in [0.4, 0.5) is 11.4 Å². The lowest BCUT2D eigenvalue weighted by atomic mass is 10.0. The molecule has 2 rings (SSSR count). The van der Waals surface area contributed by atoms with Crippen LogP contribution in [0.15, 0.2) is 24.5 Å². The summed E-state index contributed by atoms with van der Waals surface area (Å²) in [5.74, 6) is 0.250. The lowest BCUT2D eigenvalue weighted by molar-refractivity contribution is -0.423. The third-order valence-corrected chi connectivity index (χ3v) is 5.91. The highest BCUT2D eigenvalue weighted by Gasteiger charge is 2.30. The van der Waals surface area contributed by atoms with E-state index in [2.05, 4.69) is 21.9 Å². The maximum Gasteiger partial charge on any atom is 0.388 e. The number of hydrogen-bond acceptors (Lipinski definition) is 8. The van der Waals surface area contributed by atoms with Gasteiger partial charge in [0.15, 0.2) is 0 Å². The zero-order valence-electron chi connectivity index (χ0n) is 20.7. The second-order valence-corrected chi connectivity index (χ2v) is 8.77. The van der Waals surface area contributed by atoms with Crippen LogP contribution in [0.5, 0.6) is 11.8 Å². The van der Waals surface area contributed by atoms with Crippen LogP contribution in [0.3, 0.4) is 0 Å². The molecule has 0 radical (unpaired) electrons. The van der Waals surface area contributed by atoms with Gasteiger partial charge in [-0.3, -0.25) is 20.2 Å². The van der Waals surface area contributed by atoms with Crippen molar-refractivity contribution in [3.63, 3.8) is 0 Å². The van der Waals surface area contributed by atoms with Crippen LogP contribution in [0.1, 0.15) is 103 Å². The number of nitro benzene ring substituents is 2. The average molecular weight is 488 g/mol. The molecule has 1 aromatic heterocycles. The highest BCUT2D eigenvalue weighted by molar-refractivity contribution is 5.62. The van der Waals surface area contributed by atoms with E-state index in [0.717, 1.165) is 18.9 Å². The molecule has 1 heterocycles. The van der Waals surface area contributed by atoms with Gasteiger partial charge in [-0.1, -0.05) is 96.5 Å². The molecule has 0 N–H and O–H groups in total. The Morgan fingerprint density at radius 3 is 1.89 bits per heavy atom. The van der Waals surface area contributed by atoms with Gasteiger partial charge >= 0.3 is 17.4 Å². The second-order valence-electron chi connectivity index (χ2n) is 8.77. The zero-order valence-corrected chi connectivity index (χ0v) is 20.7. The Kier molecular flexibility index (Phi) is 13.2. The molecule has 1 aromatic carbocycles. The summed E-state index contributed by atoms with van der Waals surface area (Å²) in [7, 11) is 0. The molecule has 0 saturated carbocycles. The minimum atomic E-state index is -0.843. The molecule has 0 aliphatic heterocycles. The van der Waals surface area contributed by atoms with Gasteiger partial charge in [-0.25, -0.2) is 4.98 Å². The number of para-hydroxylation sites is 1. The summed E-state index contributed by atoms with van der Waals surface area (Å²) < 4.78 is 5.42. The minimum Gasteiger partial charge on any atom is -0.417 e. The number of unbranched alkanes of at least 4 members (excludes halogenated alkanes) is 13. The molecule has 0 fully saturated rings. The van der Waals surface area contributed by atoms with Crippen LogP contribution < -0.4 is 4.74 Å². The fourth-order valence-corrected chi connectivity index (χ4v) is 3.98. The van der Waals surface area contributed by atoms with Gasteiger partial charge in [0, 0.05) is 12.5 Å². The van der Waals surface area contributed by atoms with Gasteiger partial charge in [-0.2, -0.15) is 9.97 Å². The molecular weight excluding hydrogens is 450 g/mol. The number of hydrogen-bond donors (Lipinski definition) is 0. The Morgan fingerprint density at radius 1 is 0.771 bits per heavy atom. The van der Waals surface area contributed by atoms with Crippen LogP contribution in [0, 0.1) is 20.2 Å². The predicted octanol–water partition coefficient (Wildman–Crippen LogP) is 7.50. The average Bonchev–Trinajstić information content (AvgIpc) is 2.84. The number of nitro groups is 2. The van der Waals surface area contributed by atoms with Crippen molar-refractivity contribution in [2.24, 2.45) is 0 Å². The van der Waals surface area contributed by atoms with Crippen molar-refractivity contribution in [1.29, 1.82) is 0 Å². The molecule has 0 saturated heterocycles. The second kappa shape index (κ2) is 16.5. The van der Waals surface area contributed by atoms with Gasteiger partial charge < -0.3 is 4.74 Å². The molecule has 0 aliphatic carbocycles. The number of rotatable bonds is 19. The highest BCUT2D eigenvalue weighted by atomic mass is 16.6. The van der Waals surface area contributed by atoms with E-state index in [-0.39, 0.29) is 11.8 Å². The normalized spacial score (nSPS) is 10.9. The summed E-state index contributed by atoms with van der Waals surface area (Å²) in [5.41, 5.74) is -1.38. The van der Waals surface area contributed by atoms with Gasteiger partial charge in [0.25, 0.3) is 0 Å². The van der Waals surface area contributed by atoms with Crippen LogP contribution in [0.2, 0.25) is 0 Å². The minimum absolute atomic E-state index is 0.121. The molecule has 10 heteroatoms. The molecule has 192 valence electrons. The molecule has 0 spiro atoms. The maximum absolute atomic E-state index is 11.3. The molecular formula is C25H37N5O5. The lowest BCUT2D eigenvalue weighted by Crippen LogP contribution is -2.03. The van der Waals surface area contributed by atoms with E-state index >= 15 is 0 Å². The van der Waals surface area contributed by atoms with Crippen molar-refractivity contribution in [2.75, 3.05) is 0 Å². The largest absolute Gasteiger partial charge is 0.417 e. The smallest absolute Gasteiger partial charge is 0.388 e. The molecule has 0 bridgehead atoms. The third kappa shape index (κ3) is 10.7. The molecule has 0 unspecified atom stereocenters. The molecule has 10 nitrogen and oxygen atoms in total. The molecule has 0 amide bonds. The van der Waals surface area contributed by atoms with Crippen molar-refractivity contribution in [1.82, 2.24) is 15.0 Å². The van der Waals surface area contributed by atoms with Crippen LogP contribution in [-0.2, 0) is 6.42 Å². The third-order valence-electron chi connectivity index (χ3n) is 5.91. The molecule has 0 atom stereocenters. The topological polar surface area (TPSA) is 134 Å². The Bertz CT molecular complexity index is 925. The van der Waals surface area contributed by atoms with E-state index in [1.807, 2.05) is 0 Å². The Balaban J connectivity index is 1.66. The highest BCUT2D eigenvalue weighted by Crippen LogP contribution is 2.37. The standard InChI is InChI=1S/C25H37N5O5/c1-2-3-4-5-6-7-8-9-10-11-12-13-14-15-19-23-26-20-27-25(28-23)35-22-18-16-17-21(29(31)32)24(22)30(33)34/h16-18,20H,2-15,19H2,1H3. The summed E-state index contributed by atoms with van der Waals surface area (Å²) >= 11 is 0. The fraction of sp³-hybridized carbons (Fsp3) is 0.640. The Labute approximate surface area is 206 Å². The first-order valence-corrected chi connectivity index (χ1v) is 12.8. The van der Waals surface area contributed by atoms with Crippen molar-refractivity contribution in [2.45, 2.75) is 103 Å². The number of ether oxygens (including phenoxy) is 1. The number of aryl methyl sites for hydroxylation is 1. The van der Waals surface area contributed by atoms with Crippen LogP contribution in [-0.4, -0.2) is 24.8 Å². The van der Waals surface area contributed by atoms with Crippen LogP contribution in [0.25, 0.3) is 0 Å². The first-order valence-electron chi connectivity index (χ1n) is 12.8. The number of nitrogens with zero attached hydrogens (tertiary/aromatic N) is 5. The van der Waals surface area contributed by atoms with Crippen molar-refractivity contribution in [3.05, 3.63) is 50.6 Å². The molecule has 2 aromatic rings. The first kappa shape index (κ1) is 28.1. The molecule has 35 heavy (non-hydrogen) atoms.